The average molecular weight is 475 g/mol. The molecule has 2 aromatic heterocycles. The molecule has 0 saturated carbocycles. The maximum absolute atomic E-state index is 13.4. The van der Waals surface area contributed by atoms with E-state index in [9.17, 15) is 9.90 Å². The smallest absolute Gasteiger partial charge is 0.257 e. The third kappa shape index (κ3) is 4.11. The number of hydrogen-bond donors (Lipinski definition) is 3. The zero-order valence-corrected chi connectivity index (χ0v) is 19.8. The van der Waals surface area contributed by atoms with Gasteiger partial charge in [-0.2, -0.15) is 5.10 Å². The Kier molecular flexibility index (Phi) is 6.19. The van der Waals surface area contributed by atoms with Gasteiger partial charge in [0.1, 0.15) is 23.6 Å². The van der Waals surface area contributed by atoms with E-state index in [1.54, 1.807) is 18.4 Å². The number of aliphatic hydroxyl groups is 1. The number of methoxy groups -OCH3 is 1. The van der Waals surface area contributed by atoms with Crippen LogP contribution in [0.15, 0.2) is 77.3 Å². The molecule has 0 fully saturated rings. The van der Waals surface area contributed by atoms with Gasteiger partial charge in [0.2, 0.25) is 0 Å². The highest BCUT2D eigenvalue weighted by molar-refractivity contribution is 7.10. The van der Waals surface area contributed by atoms with Crippen LogP contribution in [0.1, 0.15) is 35.0 Å². The molecule has 1 amide bonds. The Morgan fingerprint density at radius 1 is 1.21 bits per heavy atom. The first-order valence-corrected chi connectivity index (χ1v) is 12.0. The van der Waals surface area contributed by atoms with Crippen LogP contribution < -0.4 is 10.1 Å². The highest BCUT2D eigenvalue weighted by Gasteiger charge is 2.41. The van der Waals surface area contributed by atoms with Gasteiger partial charge >= 0.3 is 0 Å². The quantitative estimate of drug-likeness (QED) is 0.374. The molecule has 0 radical (unpaired) electrons. The van der Waals surface area contributed by atoms with Crippen molar-refractivity contribution in [3.63, 3.8) is 0 Å². The van der Waals surface area contributed by atoms with Gasteiger partial charge in [0.05, 0.1) is 13.7 Å². The largest absolute Gasteiger partial charge is 0.497 e. The first kappa shape index (κ1) is 22.3. The number of hydrogen-bond acceptors (Lipinski definition) is 6. The summed E-state index contributed by atoms with van der Waals surface area (Å²) < 4.78 is 5.28. The first-order chi connectivity index (χ1) is 16.6. The normalized spacial score (nSPS) is 18.8. The van der Waals surface area contributed by atoms with Gasteiger partial charge in [-0.3, -0.25) is 4.79 Å². The van der Waals surface area contributed by atoms with Gasteiger partial charge in [-0.25, -0.2) is 5.01 Å². The second kappa shape index (κ2) is 9.42. The van der Waals surface area contributed by atoms with Crippen LogP contribution in [0.4, 0.5) is 0 Å². The van der Waals surface area contributed by atoms with Gasteiger partial charge in [0.25, 0.3) is 5.91 Å². The molecule has 1 aliphatic heterocycles. The maximum atomic E-state index is 13.4. The van der Waals surface area contributed by atoms with Crippen molar-refractivity contribution in [1.82, 2.24) is 15.3 Å². The summed E-state index contributed by atoms with van der Waals surface area (Å²) in [6.07, 6.45) is 0.856. The fourth-order valence-electron chi connectivity index (χ4n) is 4.31. The van der Waals surface area contributed by atoms with E-state index in [1.165, 1.54) is 5.01 Å². The number of aliphatic hydroxyl groups excluding tert-OH is 1. The van der Waals surface area contributed by atoms with E-state index in [0.717, 1.165) is 26.9 Å². The van der Waals surface area contributed by atoms with E-state index in [-0.39, 0.29) is 18.5 Å². The van der Waals surface area contributed by atoms with E-state index in [2.05, 4.69) is 15.4 Å². The molecule has 2 aromatic carbocycles. The van der Waals surface area contributed by atoms with Gasteiger partial charge in [-0.1, -0.05) is 36.4 Å². The summed E-state index contributed by atoms with van der Waals surface area (Å²) in [5.74, 6) is 0.497. The lowest BCUT2D eigenvalue weighted by Crippen LogP contribution is -2.39. The Morgan fingerprint density at radius 2 is 2.00 bits per heavy atom. The van der Waals surface area contributed by atoms with E-state index < -0.39 is 12.1 Å². The molecular formula is C26H26N4O3S. The molecule has 0 bridgehead atoms. The van der Waals surface area contributed by atoms with Crippen molar-refractivity contribution in [3.8, 4) is 5.75 Å². The standard InChI is InChI=1S/C26H26N4O3S/c1-16(22-8-5-13-34-22)27-15-23(31)30-25(17-9-11-18(33-2)12-10-17)26(32)24(29-30)20-14-28-21-7-4-3-6-19(20)21/h3-14,16,25-28,32H,15H2,1-2H3/t16-,25+,26-/m0/s1. The second-order valence-corrected chi connectivity index (χ2v) is 9.23. The summed E-state index contributed by atoms with van der Waals surface area (Å²) in [4.78, 5) is 17.8. The molecule has 3 N–H and O–H groups in total. The molecule has 174 valence electrons. The number of benzene rings is 2. The van der Waals surface area contributed by atoms with Gasteiger partial charge in [0.15, 0.2) is 0 Å². The van der Waals surface area contributed by atoms with Crippen molar-refractivity contribution in [1.29, 1.82) is 0 Å². The topological polar surface area (TPSA) is 90.0 Å². The molecule has 3 atom stereocenters. The number of thiophene rings is 1. The number of carbonyl (C=O) groups excluding carboxylic acids is 1. The van der Waals surface area contributed by atoms with Crippen molar-refractivity contribution in [2.45, 2.75) is 25.1 Å². The minimum atomic E-state index is -0.980. The maximum Gasteiger partial charge on any atom is 0.257 e. The number of aromatic nitrogens is 1. The molecule has 0 spiro atoms. The zero-order valence-electron chi connectivity index (χ0n) is 18.9. The SMILES string of the molecule is COc1ccc([C@@H]2[C@@H](O)C(c3c[nH]c4ccccc34)=NN2C(=O)CN[C@@H](C)c2cccs2)cc1. The lowest BCUT2D eigenvalue weighted by molar-refractivity contribution is -0.133. The second-order valence-electron chi connectivity index (χ2n) is 8.25. The fraction of sp³-hybridized carbons (Fsp3) is 0.231. The number of aromatic amines is 1. The van der Waals surface area contributed by atoms with Crippen LogP contribution in [0.3, 0.4) is 0 Å². The number of H-pyrrole nitrogens is 1. The molecule has 8 heteroatoms. The summed E-state index contributed by atoms with van der Waals surface area (Å²) in [5, 5.41) is 23.8. The van der Waals surface area contributed by atoms with Gasteiger partial charge in [-0.05, 0) is 42.1 Å². The summed E-state index contributed by atoms with van der Waals surface area (Å²) in [7, 11) is 1.61. The van der Waals surface area contributed by atoms with Crippen LogP contribution in [0.5, 0.6) is 5.75 Å². The van der Waals surface area contributed by atoms with Crippen LogP contribution in [0.25, 0.3) is 10.9 Å². The van der Waals surface area contributed by atoms with E-state index in [0.29, 0.717) is 11.5 Å². The van der Waals surface area contributed by atoms with E-state index >= 15 is 0 Å². The lowest BCUT2D eigenvalue weighted by atomic mass is 9.95. The lowest BCUT2D eigenvalue weighted by Gasteiger charge is -2.25. The Labute approximate surface area is 201 Å². The molecule has 4 aromatic rings. The molecule has 0 unspecified atom stereocenters. The first-order valence-electron chi connectivity index (χ1n) is 11.1. The Hall–Kier alpha value is -3.46. The summed E-state index contributed by atoms with van der Waals surface area (Å²) in [5.41, 5.74) is 2.99. The van der Waals surface area contributed by atoms with Crippen LogP contribution in [0.2, 0.25) is 0 Å². The summed E-state index contributed by atoms with van der Waals surface area (Å²) >= 11 is 1.65. The van der Waals surface area contributed by atoms with E-state index in [4.69, 9.17) is 4.74 Å². The molecular weight excluding hydrogens is 448 g/mol. The van der Waals surface area contributed by atoms with Gasteiger partial charge < -0.3 is 20.1 Å². The third-order valence-corrected chi connectivity index (χ3v) is 7.22. The Balaban J connectivity index is 1.47. The van der Waals surface area contributed by atoms with Crippen molar-refractivity contribution in [3.05, 3.63) is 88.2 Å². The molecule has 0 aliphatic carbocycles. The van der Waals surface area contributed by atoms with E-state index in [1.807, 2.05) is 79.2 Å². The number of nitrogens with zero attached hydrogens (tertiary/aromatic N) is 2. The van der Waals surface area contributed by atoms with Crippen LogP contribution in [0, 0.1) is 0 Å². The molecule has 5 rings (SSSR count). The molecule has 1 aliphatic rings. The van der Waals surface area contributed by atoms with Crippen LogP contribution >= 0.6 is 11.3 Å². The summed E-state index contributed by atoms with van der Waals surface area (Å²) in [6, 6.07) is 18.7. The number of hydrazone groups is 1. The van der Waals surface area contributed by atoms with Crippen LogP contribution in [-0.2, 0) is 4.79 Å². The van der Waals surface area contributed by atoms with Gasteiger partial charge in [-0.15, -0.1) is 11.3 Å². The Bertz CT molecular complexity index is 1310. The number of rotatable bonds is 7. The Morgan fingerprint density at radius 3 is 2.74 bits per heavy atom. The average Bonchev–Trinajstić information content (AvgIpc) is 3.61. The predicted molar refractivity (Wildman–Crippen MR) is 134 cm³/mol. The van der Waals surface area contributed by atoms with Crippen molar-refractivity contribution in [2.24, 2.45) is 5.10 Å². The van der Waals surface area contributed by atoms with Gasteiger partial charge in [0, 0.05) is 33.6 Å². The number of nitrogens with one attached hydrogen (secondary N) is 2. The molecule has 0 saturated heterocycles. The molecule has 34 heavy (non-hydrogen) atoms. The number of para-hydroxylation sites is 1. The van der Waals surface area contributed by atoms with Crippen molar-refractivity contribution >= 4 is 33.9 Å². The predicted octanol–water partition coefficient (Wildman–Crippen LogP) is 4.24. The molecule has 3 heterocycles. The monoisotopic (exact) mass is 474 g/mol. The minimum absolute atomic E-state index is 0.0352. The highest BCUT2D eigenvalue weighted by Crippen LogP contribution is 2.35. The number of ether oxygens (including phenoxy) is 1. The van der Waals surface area contributed by atoms with Crippen molar-refractivity contribution < 1.29 is 14.6 Å². The highest BCUT2D eigenvalue weighted by atomic mass is 32.1. The number of carbonyl (C=O) groups is 1. The van der Waals surface area contributed by atoms with Crippen molar-refractivity contribution in [2.75, 3.05) is 13.7 Å². The zero-order chi connectivity index (χ0) is 23.7. The fourth-order valence-corrected chi connectivity index (χ4v) is 5.07. The third-order valence-electron chi connectivity index (χ3n) is 6.17. The summed E-state index contributed by atoms with van der Waals surface area (Å²) in [6.45, 7) is 2.13. The number of amides is 1. The van der Waals surface area contributed by atoms with Crippen LogP contribution in [-0.4, -0.2) is 46.5 Å². The number of fused-ring (bicyclic) bond motifs is 1. The molecule has 7 nitrogen and oxygen atoms in total. The minimum Gasteiger partial charge on any atom is -0.497 e.